The molecule has 1 heterocycles. The summed E-state index contributed by atoms with van der Waals surface area (Å²) in [6.45, 7) is 6.12. The summed E-state index contributed by atoms with van der Waals surface area (Å²) in [5, 5.41) is 2.22. The number of carbonyl (C=O) groups excluding carboxylic acids is 3. The van der Waals surface area contributed by atoms with E-state index in [9.17, 15) is 14.4 Å². The molecule has 0 saturated carbocycles. The summed E-state index contributed by atoms with van der Waals surface area (Å²) in [7, 11) is 0. The van der Waals surface area contributed by atoms with Gasteiger partial charge in [-0.1, -0.05) is 6.07 Å². The molecule has 0 spiro atoms. The van der Waals surface area contributed by atoms with Crippen LogP contribution in [0.5, 0.6) is 0 Å². The van der Waals surface area contributed by atoms with E-state index < -0.39 is 0 Å². The lowest BCUT2D eigenvalue weighted by Gasteiger charge is -2.24. The van der Waals surface area contributed by atoms with Gasteiger partial charge < -0.3 is 0 Å². The number of carbonyl (C=O) groups is 3. The molecule has 1 fully saturated rings. The molecule has 1 aromatic carbocycles. The third-order valence-electron chi connectivity index (χ3n) is 3.52. The van der Waals surface area contributed by atoms with Crippen LogP contribution in [0, 0.1) is 20.8 Å². The summed E-state index contributed by atoms with van der Waals surface area (Å²) in [6, 6.07) is 3.86. The quantitative estimate of drug-likeness (QED) is 0.652. The summed E-state index contributed by atoms with van der Waals surface area (Å²) in [5.41, 5.74) is 3.79. The molecule has 0 atom stereocenters. The van der Waals surface area contributed by atoms with Crippen molar-refractivity contribution in [3.63, 3.8) is 0 Å². The highest BCUT2D eigenvalue weighted by Crippen LogP contribution is 2.16. The molecule has 5 nitrogen and oxygen atoms in total. The van der Waals surface area contributed by atoms with Crippen LogP contribution in [-0.4, -0.2) is 42.1 Å². The van der Waals surface area contributed by atoms with Crippen molar-refractivity contribution in [2.45, 2.75) is 20.8 Å². The second kappa shape index (κ2) is 5.54. The molecule has 1 aliphatic heterocycles. The van der Waals surface area contributed by atoms with Crippen LogP contribution in [0.2, 0.25) is 0 Å². The van der Waals surface area contributed by atoms with Crippen LogP contribution in [0.25, 0.3) is 0 Å². The highest BCUT2D eigenvalue weighted by atomic mass is 16.2. The lowest BCUT2D eigenvalue weighted by molar-refractivity contribution is -0.135. The molecule has 5 heteroatoms. The number of piperazine rings is 1. The van der Waals surface area contributed by atoms with Crippen LogP contribution >= 0.6 is 0 Å². The number of nitrogens with zero attached hydrogens (tertiary/aromatic N) is 1. The van der Waals surface area contributed by atoms with Gasteiger partial charge in [-0.3, -0.25) is 24.6 Å². The first-order valence-electron chi connectivity index (χ1n) is 6.53. The Hall–Kier alpha value is -2.01. The minimum absolute atomic E-state index is 0.0619. The van der Waals surface area contributed by atoms with E-state index in [4.69, 9.17) is 0 Å². The summed E-state index contributed by atoms with van der Waals surface area (Å²) in [5.74, 6) is -0.773. The monoisotopic (exact) mass is 274 g/mol. The van der Waals surface area contributed by atoms with E-state index in [1.54, 1.807) is 4.90 Å². The Morgan fingerprint density at radius 3 is 2.20 bits per heavy atom. The molecule has 2 amide bonds. The molecule has 1 aliphatic rings. The maximum atomic E-state index is 12.3. The maximum absolute atomic E-state index is 12.3. The number of ketones is 1. The molecule has 1 N–H and O–H groups in total. The standard InChI is InChI=1S/C15H18N2O3/c1-9-4-11(3)12(5-10(9)2)13(18)6-17-7-14(19)16-15(20)8-17/h4-5H,6-8H2,1-3H3,(H,16,19,20). The molecule has 2 rings (SSSR count). The number of hydrogen-bond acceptors (Lipinski definition) is 4. The first-order chi connectivity index (χ1) is 9.36. The topological polar surface area (TPSA) is 66.5 Å². The fraction of sp³-hybridized carbons (Fsp3) is 0.400. The third-order valence-corrected chi connectivity index (χ3v) is 3.52. The van der Waals surface area contributed by atoms with Crippen molar-refractivity contribution < 1.29 is 14.4 Å². The third kappa shape index (κ3) is 3.11. The minimum atomic E-state index is -0.356. The number of hydrogen-bond donors (Lipinski definition) is 1. The highest BCUT2D eigenvalue weighted by Gasteiger charge is 2.24. The van der Waals surface area contributed by atoms with Crippen LogP contribution < -0.4 is 5.32 Å². The molecule has 106 valence electrons. The Kier molecular flexibility index (Phi) is 3.99. The fourth-order valence-electron chi connectivity index (χ4n) is 2.36. The van der Waals surface area contributed by atoms with Gasteiger partial charge in [0.15, 0.2) is 5.78 Å². The Bertz CT molecular complexity index is 577. The van der Waals surface area contributed by atoms with Crippen LogP contribution in [0.4, 0.5) is 0 Å². The SMILES string of the molecule is Cc1cc(C)c(C(=O)CN2CC(=O)NC(=O)C2)cc1C. The molecular formula is C15H18N2O3. The average Bonchev–Trinajstić information content (AvgIpc) is 2.32. The molecule has 1 saturated heterocycles. The van der Waals surface area contributed by atoms with Gasteiger partial charge in [-0.2, -0.15) is 0 Å². The first kappa shape index (κ1) is 14.4. The normalized spacial score (nSPS) is 16.1. The van der Waals surface area contributed by atoms with Gasteiger partial charge in [-0.25, -0.2) is 0 Å². The van der Waals surface area contributed by atoms with Gasteiger partial charge in [-0.15, -0.1) is 0 Å². The van der Waals surface area contributed by atoms with Crippen LogP contribution in [0.1, 0.15) is 27.0 Å². The van der Waals surface area contributed by atoms with Gasteiger partial charge in [0.2, 0.25) is 11.8 Å². The zero-order valence-corrected chi connectivity index (χ0v) is 11.9. The van der Waals surface area contributed by atoms with Crippen LogP contribution in [0.15, 0.2) is 12.1 Å². The average molecular weight is 274 g/mol. The van der Waals surface area contributed by atoms with E-state index in [-0.39, 0.29) is 37.2 Å². The van der Waals surface area contributed by atoms with E-state index in [2.05, 4.69) is 5.32 Å². The predicted octanol–water partition coefficient (Wildman–Crippen LogP) is 0.753. The molecule has 0 bridgehead atoms. The zero-order valence-electron chi connectivity index (χ0n) is 11.9. The van der Waals surface area contributed by atoms with Gasteiger partial charge >= 0.3 is 0 Å². The summed E-state index contributed by atoms with van der Waals surface area (Å²) in [4.78, 5) is 36.5. The molecule has 20 heavy (non-hydrogen) atoms. The van der Waals surface area contributed by atoms with Crippen LogP contribution in [-0.2, 0) is 9.59 Å². The Labute approximate surface area is 118 Å². The van der Waals surface area contributed by atoms with Crippen molar-refractivity contribution in [2.24, 2.45) is 0 Å². The number of aryl methyl sites for hydroxylation is 3. The maximum Gasteiger partial charge on any atom is 0.240 e. The zero-order chi connectivity index (χ0) is 14.9. The Balaban J connectivity index is 2.14. The van der Waals surface area contributed by atoms with E-state index in [0.29, 0.717) is 5.56 Å². The number of rotatable bonds is 3. The largest absolute Gasteiger partial charge is 0.294 e. The fourth-order valence-corrected chi connectivity index (χ4v) is 2.36. The van der Waals surface area contributed by atoms with Crippen molar-refractivity contribution in [3.05, 3.63) is 34.4 Å². The lowest BCUT2D eigenvalue weighted by Crippen LogP contribution is -2.52. The lowest BCUT2D eigenvalue weighted by atomic mass is 9.98. The first-order valence-corrected chi connectivity index (χ1v) is 6.53. The van der Waals surface area contributed by atoms with Crippen molar-refractivity contribution in [1.29, 1.82) is 0 Å². The van der Waals surface area contributed by atoms with E-state index >= 15 is 0 Å². The van der Waals surface area contributed by atoms with Gasteiger partial charge in [0, 0.05) is 5.56 Å². The molecule has 0 radical (unpaired) electrons. The summed E-state index contributed by atoms with van der Waals surface area (Å²) in [6.07, 6.45) is 0. The Morgan fingerprint density at radius 2 is 1.60 bits per heavy atom. The molecule has 0 aliphatic carbocycles. The second-order valence-electron chi connectivity index (χ2n) is 5.29. The number of amides is 2. The smallest absolute Gasteiger partial charge is 0.240 e. The number of benzene rings is 1. The number of nitrogens with one attached hydrogen (secondary N) is 1. The van der Waals surface area contributed by atoms with Gasteiger partial charge in [0.05, 0.1) is 19.6 Å². The molecule has 0 unspecified atom stereocenters. The van der Waals surface area contributed by atoms with E-state index in [1.807, 2.05) is 32.9 Å². The summed E-state index contributed by atoms with van der Waals surface area (Å²) < 4.78 is 0. The number of Topliss-reactive ketones (excluding diaryl/α,β-unsaturated/α-hetero) is 1. The van der Waals surface area contributed by atoms with Gasteiger partial charge in [-0.05, 0) is 43.5 Å². The van der Waals surface area contributed by atoms with E-state index in [1.165, 1.54) is 0 Å². The summed E-state index contributed by atoms with van der Waals surface area (Å²) >= 11 is 0. The van der Waals surface area contributed by atoms with Crippen molar-refractivity contribution in [2.75, 3.05) is 19.6 Å². The van der Waals surface area contributed by atoms with Crippen molar-refractivity contribution in [3.8, 4) is 0 Å². The van der Waals surface area contributed by atoms with Crippen molar-refractivity contribution in [1.82, 2.24) is 10.2 Å². The minimum Gasteiger partial charge on any atom is -0.294 e. The second-order valence-corrected chi connectivity index (χ2v) is 5.29. The molecule has 0 aromatic heterocycles. The molecular weight excluding hydrogens is 256 g/mol. The van der Waals surface area contributed by atoms with E-state index in [0.717, 1.165) is 16.7 Å². The molecule has 1 aromatic rings. The highest BCUT2D eigenvalue weighted by molar-refractivity contribution is 6.02. The van der Waals surface area contributed by atoms with Gasteiger partial charge in [0.25, 0.3) is 0 Å². The van der Waals surface area contributed by atoms with Gasteiger partial charge in [0.1, 0.15) is 0 Å². The predicted molar refractivity (Wildman–Crippen MR) is 74.6 cm³/mol. The van der Waals surface area contributed by atoms with Crippen LogP contribution in [0.3, 0.4) is 0 Å². The number of imide groups is 1. The Morgan fingerprint density at radius 1 is 1.05 bits per heavy atom. The van der Waals surface area contributed by atoms with Crippen molar-refractivity contribution >= 4 is 17.6 Å².